The molecule has 0 unspecified atom stereocenters. The van der Waals surface area contributed by atoms with Crippen LogP contribution in [0.5, 0.6) is 0 Å². The van der Waals surface area contributed by atoms with Gasteiger partial charge in [-0.15, -0.1) is 0 Å². The molecule has 2 N–H and O–H groups in total. The monoisotopic (exact) mass is 410 g/mol. The molecule has 0 radical (unpaired) electrons. The molecule has 0 bridgehead atoms. The Morgan fingerprint density at radius 3 is 2.36 bits per heavy atom. The van der Waals surface area contributed by atoms with Gasteiger partial charge in [0.05, 0.1) is 17.1 Å². The van der Waals surface area contributed by atoms with Gasteiger partial charge in [-0.3, -0.25) is 4.98 Å². The second-order valence-electron chi connectivity index (χ2n) is 6.09. The lowest BCUT2D eigenvalue weighted by atomic mass is 10.1. The van der Waals surface area contributed by atoms with Crippen LogP contribution in [0.25, 0.3) is 28.2 Å². The molecule has 4 rings (SSSR count). The van der Waals surface area contributed by atoms with Crippen molar-refractivity contribution in [2.75, 3.05) is 0 Å². The van der Waals surface area contributed by atoms with Gasteiger partial charge in [0.2, 0.25) is 10.0 Å². The van der Waals surface area contributed by atoms with E-state index < -0.39 is 10.0 Å². The van der Waals surface area contributed by atoms with Gasteiger partial charge in [-0.25, -0.2) is 18.2 Å². The molecule has 0 atom stereocenters. The molecule has 0 aliphatic heterocycles. The first-order valence-corrected chi connectivity index (χ1v) is 10.2. The highest BCUT2D eigenvalue weighted by atomic mass is 35.5. The minimum Gasteiger partial charge on any atom is -0.264 e. The van der Waals surface area contributed by atoms with Gasteiger partial charge in [0, 0.05) is 28.5 Å². The quantitative estimate of drug-likeness (QED) is 0.552. The topological polar surface area (TPSA) is 90.9 Å². The third kappa shape index (κ3) is 3.55. The summed E-state index contributed by atoms with van der Waals surface area (Å²) in [6.07, 6.45) is 3.38. The van der Waals surface area contributed by atoms with Crippen LogP contribution in [0.1, 0.15) is 0 Å². The number of nitrogens with two attached hydrogens (primary N) is 1. The van der Waals surface area contributed by atoms with Crippen molar-refractivity contribution in [3.05, 3.63) is 84.1 Å². The molecule has 0 saturated heterocycles. The summed E-state index contributed by atoms with van der Waals surface area (Å²) in [5.74, 6) is 0. The molecule has 2 aromatic heterocycles. The summed E-state index contributed by atoms with van der Waals surface area (Å²) in [7, 11) is -3.94. The number of hydrogen-bond donors (Lipinski definition) is 1. The third-order valence-electron chi connectivity index (χ3n) is 4.21. The van der Waals surface area contributed by atoms with E-state index in [0.717, 1.165) is 11.1 Å². The zero-order valence-electron chi connectivity index (χ0n) is 14.5. The van der Waals surface area contributed by atoms with E-state index in [1.54, 1.807) is 47.4 Å². The number of rotatable bonds is 4. The van der Waals surface area contributed by atoms with Crippen molar-refractivity contribution < 1.29 is 8.42 Å². The van der Waals surface area contributed by atoms with Crippen LogP contribution in [0.3, 0.4) is 0 Å². The van der Waals surface area contributed by atoms with Crippen LogP contribution in [0.4, 0.5) is 0 Å². The number of para-hydroxylation sites is 1. The van der Waals surface area contributed by atoms with E-state index in [0.29, 0.717) is 22.1 Å². The van der Waals surface area contributed by atoms with Crippen molar-refractivity contribution in [2.24, 2.45) is 5.14 Å². The van der Waals surface area contributed by atoms with Crippen LogP contribution in [0, 0.1) is 0 Å². The highest BCUT2D eigenvalue weighted by Gasteiger charge is 2.20. The maximum absolute atomic E-state index is 12.1. The van der Waals surface area contributed by atoms with Gasteiger partial charge < -0.3 is 0 Å². The number of halogens is 1. The summed E-state index contributed by atoms with van der Waals surface area (Å²) >= 11 is 6.02. The van der Waals surface area contributed by atoms with E-state index in [2.05, 4.69) is 10.1 Å². The first-order valence-electron chi connectivity index (χ1n) is 8.32. The van der Waals surface area contributed by atoms with E-state index in [-0.39, 0.29) is 4.90 Å². The number of sulfonamides is 1. The normalized spacial score (nSPS) is 11.5. The lowest BCUT2D eigenvalue weighted by molar-refractivity contribution is 0.596. The van der Waals surface area contributed by atoms with Crippen molar-refractivity contribution in [1.82, 2.24) is 14.8 Å². The van der Waals surface area contributed by atoms with Crippen molar-refractivity contribution in [3.63, 3.8) is 0 Å². The van der Waals surface area contributed by atoms with Crippen LogP contribution in [-0.2, 0) is 10.0 Å². The number of aromatic nitrogens is 3. The standard InChI is InChI=1S/C20H15ClN4O2S/c21-16-9-7-14(8-10-16)19-12-17(15-4-3-11-23-13-15)24-25(19)18-5-1-2-6-20(18)28(22,26)27/h1-13H,(H2,22,26,27). The minimum absolute atomic E-state index is 0.00829. The molecule has 0 aliphatic rings. The predicted octanol–water partition coefficient (Wildman–Crippen LogP) is 3.90. The molecule has 2 heterocycles. The van der Waals surface area contributed by atoms with E-state index in [1.165, 1.54) is 6.07 Å². The number of hydrogen-bond acceptors (Lipinski definition) is 4. The average molecular weight is 411 g/mol. The van der Waals surface area contributed by atoms with Crippen LogP contribution < -0.4 is 5.14 Å². The second-order valence-corrected chi connectivity index (χ2v) is 8.05. The summed E-state index contributed by atoms with van der Waals surface area (Å²) in [4.78, 5) is 4.12. The molecule has 0 saturated carbocycles. The molecule has 0 amide bonds. The Bertz CT molecular complexity index is 1240. The molecule has 4 aromatic rings. The Morgan fingerprint density at radius 1 is 0.929 bits per heavy atom. The Kier molecular flexibility index (Phi) is 4.72. The molecule has 0 spiro atoms. The molecule has 2 aromatic carbocycles. The van der Waals surface area contributed by atoms with Crippen molar-refractivity contribution in [2.45, 2.75) is 4.90 Å². The number of primary sulfonamides is 1. The van der Waals surface area contributed by atoms with Gasteiger partial charge >= 0.3 is 0 Å². The molecule has 6 nitrogen and oxygen atoms in total. The van der Waals surface area contributed by atoms with Gasteiger partial charge in [0.1, 0.15) is 4.90 Å². The summed E-state index contributed by atoms with van der Waals surface area (Å²) in [6, 6.07) is 19.3. The number of nitrogens with zero attached hydrogens (tertiary/aromatic N) is 3. The van der Waals surface area contributed by atoms with Gasteiger partial charge in [-0.2, -0.15) is 5.10 Å². The minimum atomic E-state index is -3.94. The Morgan fingerprint density at radius 2 is 1.68 bits per heavy atom. The summed E-state index contributed by atoms with van der Waals surface area (Å²) < 4.78 is 25.8. The molecule has 0 aliphatic carbocycles. The van der Waals surface area contributed by atoms with E-state index >= 15 is 0 Å². The summed E-state index contributed by atoms with van der Waals surface area (Å²) in [5.41, 5.74) is 3.36. The van der Waals surface area contributed by atoms with Gasteiger partial charge in [0.25, 0.3) is 0 Å². The van der Waals surface area contributed by atoms with Crippen LogP contribution in [-0.4, -0.2) is 23.2 Å². The summed E-state index contributed by atoms with van der Waals surface area (Å²) in [6.45, 7) is 0. The van der Waals surface area contributed by atoms with Crippen LogP contribution in [0.15, 0.2) is 84.0 Å². The molecular weight excluding hydrogens is 396 g/mol. The zero-order valence-corrected chi connectivity index (χ0v) is 16.1. The maximum Gasteiger partial charge on any atom is 0.240 e. The van der Waals surface area contributed by atoms with Gasteiger partial charge in [-0.1, -0.05) is 35.9 Å². The molecule has 0 fully saturated rings. The van der Waals surface area contributed by atoms with Gasteiger partial charge in [0.15, 0.2) is 0 Å². The third-order valence-corrected chi connectivity index (χ3v) is 5.42. The largest absolute Gasteiger partial charge is 0.264 e. The van der Waals surface area contributed by atoms with Crippen molar-refractivity contribution in [1.29, 1.82) is 0 Å². The van der Waals surface area contributed by atoms with E-state index in [9.17, 15) is 8.42 Å². The zero-order chi connectivity index (χ0) is 19.7. The average Bonchev–Trinajstić information content (AvgIpc) is 3.14. The van der Waals surface area contributed by atoms with Gasteiger partial charge in [-0.05, 0) is 42.5 Å². The Balaban J connectivity index is 1.99. The fourth-order valence-electron chi connectivity index (χ4n) is 2.92. The smallest absolute Gasteiger partial charge is 0.240 e. The SMILES string of the molecule is NS(=O)(=O)c1ccccc1-n1nc(-c2cccnc2)cc1-c1ccc(Cl)cc1. The summed E-state index contributed by atoms with van der Waals surface area (Å²) in [5, 5.41) is 10.7. The lowest BCUT2D eigenvalue weighted by Crippen LogP contribution is -2.16. The highest BCUT2D eigenvalue weighted by Crippen LogP contribution is 2.31. The Hall–Kier alpha value is -3.00. The predicted molar refractivity (Wildman–Crippen MR) is 109 cm³/mol. The number of pyridine rings is 1. The fraction of sp³-hybridized carbons (Fsp3) is 0. The van der Waals surface area contributed by atoms with Crippen molar-refractivity contribution >= 4 is 21.6 Å². The molecule has 28 heavy (non-hydrogen) atoms. The van der Waals surface area contributed by atoms with E-state index in [4.69, 9.17) is 16.7 Å². The molecule has 140 valence electrons. The molecular formula is C20H15ClN4O2S. The van der Waals surface area contributed by atoms with Crippen molar-refractivity contribution in [3.8, 4) is 28.2 Å². The van der Waals surface area contributed by atoms with Crippen LogP contribution >= 0.6 is 11.6 Å². The van der Waals surface area contributed by atoms with E-state index in [1.807, 2.05) is 30.3 Å². The fourth-order valence-corrected chi connectivity index (χ4v) is 3.76. The van der Waals surface area contributed by atoms with Crippen LogP contribution in [0.2, 0.25) is 5.02 Å². The number of benzene rings is 2. The molecule has 8 heteroatoms. The first kappa shape index (κ1) is 18.4. The highest BCUT2D eigenvalue weighted by molar-refractivity contribution is 7.89. The Labute approximate surface area is 167 Å². The maximum atomic E-state index is 12.1. The second kappa shape index (κ2) is 7.20. The lowest BCUT2D eigenvalue weighted by Gasteiger charge is -2.11. The first-order chi connectivity index (χ1) is 13.4.